The third kappa shape index (κ3) is 3.53. The smallest absolute Gasteiger partial charge is 0.129 e. The Bertz CT molecular complexity index is 435. The van der Waals surface area contributed by atoms with E-state index in [1.54, 1.807) is 0 Å². The van der Waals surface area contributed by atoms with E-state index in [0.717, 1.165) is 37.7 Å². The van der Waals surface area contributed by atoms with Crippen LogP contribution in [-0.2, 0) is 5.88 Å². The van der Waals surface area contributed by atoms with Crippen LogP contribution in [0.25, 0.3) is 0 Å². The van der Waals surface area contributed by atoms with Crippen LogP contribution < -0.4 is 4.90 Å². The van der Waals surface area contributed by atoms with E-state index in [-0.39, 0.29) is 5.54 Å². The molecular formula is C14H21Cl2N3. The molecule has 5 heteroatoms. The molecule has 0 aliphatic carbocycles. The molecule has 0 bridgehead atoms. The number of piperazine rings is 1. The number of pyridine rings is 1. The monoisotopic (exact) mass is 301 g/mol. The normalized spacial score (nSPS) is 17.8. The lowest BCUT2D eigenvalue weighted by Crippen LogP contribution is -2.53. The van der Waals surface area contributed by atoms with Gasteiger partial charge in [-0.25, -0.2) is 4.98 Å². The summed E-state index contributed by atoms with van der Waals surface area (Å²) in [4.78, 5) is 9.35. The number of anilines is 1. The number of rotatable bonds is 2. The van der Waals surface area contributed by atoms with Gasteiger partial charge in [0.05, 0.1) is 16.6 Å². The molecule has 1 aliphatic heterocycles. The van der Waals surface area contributed by atoms with Crippen molar-refractivity contribution in [2.45, 2.75) is 32.2 Å². The summed E-state index contributed by atoms with van der Waals surface area (Å²) in [5.74, 6) is 1.34. The highest BCUT2D eigenvalue weighted by Crippen LogP contribution is 2.23. The van der Waals surface area contributed by atoms with Gasteiger partial charge in [0.15, 0.2) is 0 Å². The Balaban J connectivity index is 2.05. The molecule has 106 valence electrons. The number of hydrogen-bond donors (Lipinski definition) is 0. The van der Waals surface area contributed by atoms with Crippen molar-refractivity contribution in [2.24, 2.45) is 0 Å². The van der Waals surface area contributed by atoms with Crippen molar-refractivity contribution in [1.82, 2.24) is 9.88 Å². The molecule has 2 heterocycles. The minimum absolute atomic E-state index is 0.237. The maximum atomic E-state index is 6.04. The van der Waals surface area contributed by atoms with Crippen molar-refractivity contribution in [3.63, 3.8) is 0 Å². The minimum atomic E-state index is 0.237. The number of alkyl halides is 1. The van der Waals surface area contributed by atoms with Gasteiger partial charge in [-0.05, 0) is 32.9 Å². The number of aromatic nitrogens is 1. The molecule has 3 nitrogen and oxygen atoms in total. The van der Waals surface area contributed by atoms with Crippen LogP contribution in [0.1, 0.15) is 26.5 Å². The van der Waals surface area contributed by atoms with Gasteiger partial charge in [-0.3, -0.25) is 4.90 Å². The Morgan fingerprint density at radius 1 is 1.16 bits per heavy atom. The summed E-state index contributed by atoms with van der Waals surface area (Å²) >= 11 is 11.9. The van der Waals surface area contributed by atoms with E-state index in [1.807, 2.05) is 12.1 Å². The predicted octanol–water partition coefficient (Wildman–Crippen LogP) is 3.39. The Hall–Kier alpha value is -0.510. The third-order valence-electron chi connectivity index (χ3n) is 3.58. The van der Waals surface area contributed by atoms with Gasteiger partial charge in [-0.15, -0.1) is 11.6 Å². The first-order chi connectivity index (χ1) is 8.91. The highest BCUT2D eigenvalue weighted by molar-refractivity contribution is 6.32. The Kier molecular flexibility index (Phi) is 4.59. The SMILES string of the molecule is CC(C)(C)N1CCN(c2ccc(Cl)c(CCl)n2)CC1. The lowest BCUT2D eigenvalue weighted by molar-refractivity contribution is 0.128. The highest BCUT2D eigenvalue weighted by Gasteiger charge is 2.26. The van der Waals surface area contributed by atoms with Gasteiger partial charge < -0.3 is 4.90 Å². The summed E-state index contributed by atoms with van der Waals surface area (Å²) in [7, 11) is 0. The molecule has 1 fully saturated rings. The van der Waals surface area contributed by atoms with Crippen molar-refractivity contribution in [3.8, 4) is 0 Å². The molecule has 0 spiro atoms. The fraction of sp³-hybridized carbons (Fsp3) is 0.643. The molecular weight excluding hydrogens is 281 g/mol. The van der Waals surface area contributed by atoms with Gasteiger partial charge >= 0.3 is 0 Å². The van der Waals surface area contributed by atoms with Gasteiger partial charge in [-0.2, -0.15) is 0 Å². The molecule has 0 radical (unpaired) electrons. The molecule has 2 rings (SSSR count). The minimum Gasteiger partial charge on any atom is -0.354 e. The zero-order chi connectivity index (χ0) is 14.0. The van der Waals surface area contributed by atoms with Crippen molar-refractivity contribution >= 4 is 29.0 Å². The summed E-state index contributed by atoms with van der Waals surface area (Å²) in [6.07, 6.45) is 0. The maximum Gasteiger partial charge on any atom is 0.129 e. The summed E-state index contributed by atoms with van der Waals surface area (Å²) in [5, 5.41) is 0.645. The van der Waals surface area contributed by atoms with Crippen molar-refractivity contribution in [1.29, 1.82) is 0 Å². The number of hydrogen-bond acceptors (Lipinski definition) is 3. The topological polar surface area (TPSA) is 19.4 Å². The third-order valence-corrected chi connectivity index (χ3v) is 4.18. The first-order valence-corrected chi connectivity index (χ1v) is 7.54. The van der Waals surface area contributed by atoms with Crippen molar-refractivity contribution < 1.29 is 0 Å². The lowest BCUT2D eigenvalue weighted by Gasteiger charge is -2.42. The van der Waals surface area contributed by atoms with E-state index < -0.39 is 0 Å². The number of halogens is 2. The summed E-state index contributed by atoms with van der Waals surface area (Å²) < 4.78 is 0. The molecule has 0 amide bonds. The average Bonchev–Trinajstić information content (AvgIpc) is 2.38. The second-order valence-electron chi connectivity index (χ2n) is 5.88. The molecule has 0 atom stereocenters. The van der Waals surface area contributed by atoms with E-state index in [0.29, 0.717) is 10.9 Å². The summed E-state index contributed by atoms with van der Waals surface area (Å²) in [6, 6.07) is 3.86. The van der Waals surface area contributed by atoms with Gasteiger partial charge in [-0.1, -0.05) is 11.6 Å². The van der Waals surface area contributed by atoms with Crippen LogP contribution in [0.3, 0.4) is 0 Å². The standard InChI is InChI=1S/C14H21Cl2N3/c1-14(2,3)19-8-6-18(7-9-19)13-5-4-11(16)12(10-15)17-13/h4-5H,6-10H2,1-3H3. The van der Waals surface area contributed by atoms with E-state index in [2.05, 4.69) is 35.6 Å². The first kappa shape index (κ1) is 14.9. The molecule has 0 unspecified atom stereocenters. The zero-order valence-electron chi connectivity index (χ0n) is 11.8. The molecule has 0 aromatic carbocycles. The van der Waals surface area contributed by atoms with Crippen LogP contribution >= 0.6 is 23.2 Å². The van der Waals surface area contributed by atoms with Crippen LogP contribution in [0.2, 0.25) is 5.02 Å². The van der Waals surface area contributed by atoms with E-state index in [1.165, 1.54) is 0 Å². The molecule has 0 saturated carbocycles. The van der Waals surface area contributed by atoms with Crippen LogP contribution in [0.15, 0.2) is 12.1 Å². The molecule has 0 N–H and O–H groups in total. The summed E-state index contributed by atoms with van der Waals surface area (Å²) in [5.41, 5.74) is 1.000. The van der Waals surface area contributed by atoms with Gasteiger partial charge in [0.25, 0.3) is 0 Å². The van der Waals surface area contributed by atoms with E-state index in [9.17, 15) is 0 Å². The fourth-order valence-electron chi connectivity index (χ4n) is 2.35. The maximum absolute atomic E-state index is 6.04. The van der Waals surface area contributed by atoms with Crippen LogP contribution in [0.4, 0.5) is 5.82 Å². The second kappa shape index (κ2) is 5.86. The molecule has 1 aromatic rings. The van der Waals surface area contributed by atoms with Crippen LogP contribution in [0.5, 0.6) is 0 Å². The van der Waals surface area contributed by atoms with E-state index >= 15 is 0 Å². The molecule has 1 saturated heterocycles. The molecule has 1 aliphatic rings. The van der Waals surface area contributed by atoms with Gasteiger partial charge in [0.2, 0.25) is 0 Å². The highest BCUT2D eigenvalue weighted by atomic mass is 35.5. The van der Waals surface area contributed by atoms with Crippen molar-refractivity contribution in [3.05, 3.63) is 22.8 Å². The number of nitrogens with zero attached hydrogens (tertiary/aromatic N) is 3. The second-order valence-corrected chi connectivity index (χ2v) is 6.55. The Morgan fingerprint density at radius 2 is 1.79 bits per heavy atom. The van der Waals surface area contributed by atoms with E-state index in [4.69, 9.17) is 23.2 Å². The largest absolute Gasteiger partial charge is 0.354 e. The quantitative estimate of drug-likeness (QED) is 0.781. The Morgan fingerprint density at radius 3 is 2.32 bits per heavy atom. The fourth-order valence-corrected chi connectivity index (χ4v) is 2.79. The predicted molar refractivity (Wildman–Crippen MR) is 82.3 cm³/mol. The molecule has 1 aromatic heterocycles. The van der Waals surface area contributed by atoms with Gasteiger partial charge in [0, 0.05) is 31.7 Å². The van der Waals surface area contributed by atoms with Crippen LogP contribution in [-0.4, -0.2) is 41.6 Å². The Labute approximate surface area is 125 Å². The first-order valence-electron chi connectivity index (χ1n) is 6.63. The van der Waals surface area contributed by atoms with Crippen molar-refractivity contribution in [2.75, 3.05) is 31.1 Å². The molecule has 19 heavy (non-hydrogen) atoms. The van der Waals surface area contributed by atoms with Gasteiger partial charge in [0.1, 0.15) is 5.82 Å². The average molecular weight is 302 g/mol. The van der Waals surface area contributed by atoms with Crippen LogP contribution in [0, 0.1) is 0 Å². The summed E-state index contributed by atoms with van der Waals surface area (Å²) in [6.45, 7) is 10.9. The lowest BCUT2D eigenvalue weighted by atomic mass is 10.1. The zero-order valence-corrected chi connectivity index (χ0v) is 13.3.